The SMILES string of the molecule is CCc1nn(C)c(CC(=O)c2ncccc2Cl)c1Br. The van der Waals surface area contributed by atoms with Gasteiger partial charge < -0.3 is 0 Å². The molecule has 0 aliphatic rings. The number of ketones is 1. The number of carbonyl (C=O) groups excluding carboxylic acids is 1. The largest absolute Gasteiger partial charge is 0.292 e. The fourth-order valence-corrected chi connectivity index (χ4v) is 2.82. The van der Waals surface area contributed by atoms with Gasteiger partial charge in [0.25, 0.3) is 0 Å². The van der Waals surface area contributed by atoms with Gasteiger partial charge in [0, 0.05) is 13.2 Å². The third-order valence-corrected chi connectivity index (χ3v) is 4.07. The molecule has 0 aliphatic carbocycles. The van der Waals surface area contributed by atoms with Crippen LogP contribution in [0.1, 0.15) is 28.8 Å². The number of aromatic nitrogens is 3. The molecule has 2 aromatic rings. The molecule has 19 heavy (non-hydrogen) atoms. The Balaban J connectivity index is 2.30. The molecule has 2 heterocycles. The molecule has 0 aromatic carbocycles. The Morgan fingerprint density at radius 2 is 2.26 bits per heavy atom. The molecule has 2 aromatic heterocycles. The summed E-state index contributed by atoms with van der Waals surface area (Å²) in [6.45, 7) is 2.02. The molecule has 100 valence electrons. The summed E-state index contributed by atoms with van der Waals surface area (Å²) in [5.41, 5.74) is 2.08. The van der Waals surface area contributed by atoms with Crippen LogP contribution < -0.4 is 0 Å². The van der Waals surface area contributed by atoms with E-state index in [4.69, 9.17) is 11.6 Å². The molecule has 0 spiro atoms. The molecule has 0 unspecified atom stereocenters. The number of aryl methyl sites for hydroxylation is 2. The third-order valence-electron chi connectivity index (χ3n) is 2.85. The van der Waals surface area contributed by atoms with Gasteiger partial charge in [0.15, 0.2) is 5.78 Å². The van der Waals surface area contributed by atoms with Crippen molar-refractivity contribution in [3.05, 3.63) is 44.9 Å². The Morgan fingerprint density at radius 1 is 1.53 bits per heavy atom. The number of rotatable bonds is 4. The molecular weight excluding hydrogens is 330 g/mol. The van der Waals surface area contributed by atoms with E-state index in [1.54, 1.807) is 23.0 Å². The molecule has 0 saturated carbocycles. The Kier molecular flexibility index (Phi) is 4.37. The highest BCUT2D eigenvalue weighted by Crippen LogP contribution is 2.23. The highest BCUT2D eigenvalue weighted by Gasteiger charge is 2.18. The van der Waals surface area contributed by atoms with E-state index in [1.807, 2.05) is 14.0 Å². The Morgan fingerprint density at radius 3 is 2.84 bits per heavy atom. The van der Waals surface area contributed by atoms with Crippen molar-refractivity contribution in [2.45, 2.75) is 19.8 Å². The number of carbonyl (C=O) groups is 1. The van der Waals surface area contributed by atoms with E-state index in [-0.39, 0.29) is 12.2 Å². The topological polar surface area (TPSA) is 47.8 Å². The van der Waals surface area contributed by atoms with Crippen LogP contribution in [-0.2, 0) is 19.9 Å². The lowest BCUT2D eigenvalue weighted by atomic mass is 10.1. The number of pyridine rings is 1. The number of halogens is 2. The molecule has 0 fully saturated rings. The average Bonchev–Trinajstić information content (AvgIpc) is 2.66. The zero-order chi connectivity index (χ0) is 14.0. The van der Waals surface area contributed by atoms with E-state index in [0.29, 0.717) is 10.7 Å². The fraction of sp³-hybridized carbons (Fsp3) is 0.308. The lowest BCUT2D eigenvalue weighted by Crippen LogP contribution is -2.10. The lowest BCUT2D eigenvalue weighted by molar-refractivity contribution is 0.0986. The van der Waals surface area contributed by atoms with Crippen LogP contribution in [0.15, 0.2) is 22.8 Å². The summed E-state index contributed by atoms with van der Waals surface area (Å²) in [4.78, 5) is 16.3. The van der Waals surface area contributed by atoms with Gasteiger partial charge in [0.05, 0.1) is 27.3 Å². The van der Waals surface area contributed by atoms with Crippen LogP contribution in [-0.4, -0.2) is 20.5 Å². The van der Waals surface area contributed by atoms with Gasteiger partial charge in [-0.1, -0.05) is 18.5 Å². The minimum atomic E-state index is -0.114. The van der Waals surface area contributed by atoms with Crippen LogP contribution in [0.3, 0.4) is 0 Å². The van der Waals surface area contributed by atoms with Crippen molar-refractivity contribution in [1.29, 1.82) is 0 Å². The summed E-state index contributed by atoms with van der Waals surface area (Å²) in [7, 11) is 1.83. The van der Waals surface area contributed by atoms with E-state index >= 15 is 0 Å². The first kappa shape index (κ1) is 14.2. The maximum atomic E-state index is 12.2. The Hall–Kier alpha value is -1.20. The summed E-state index contributed by atoms with van der Waals surface area (Å²) in [5, 5.41) is 4.74. The zero-order valence-corrected chi connectivity index (χ0v) is 13.0. The molecule has 6 heteroatoms. The van der Waals surface area contributed by atoms with Crippen molar-refractivity contribution < 1.29 is 4.79 Å². The quantitative estimate of drug-likeness (QED) is 0.802. The fourth-order valence-electron chi connectivity index (χ4n) is 1.84. The number of hydrogen-bond donors (Lipinski definition) is 0. The van der Waals surface area contributed by atoms with Crippen LogP contribution in [0, 0.1) is 0 Å². The van der Waals surface area contributed by atoms with Crippen molar-refractivity contribution in [1.82, 2.24) is 14.8 Å². The minimum absolute atomic E-state index is 0.114. The second-order valence-corrected chi connectivity index (χ2v) is 5.32. The molecule has 0 radical (unpaired) electrons. The van der Waals surface area contributed by atoms with Crippen LogP contribution in [0.25, 0.3) is 0 Å². The van der Waals surface area contributed by atoms with Crippen molar-refractivity contribution in [2.24, 2.45) is 7.05 Å². The minimum Gasteiger partial charge on any atom is -0.292 e. The summed E-state index contributed by atoms with van der Waals surface area (Å²) in [6, 6.07) is 3.37. The number of Topliss-reactive ketones (excluding diaryl/α,β-unsaturated/α-hetero) is 1. The van der Waals surface area contributed by atoms with Crippen molar-refractivity contribution in [2.75, 3.05) is 0 Å². The van der Waals surface area contributed by atoms with E-state index in [1.165, 1.54) is 0 Å². The first-order valence-corrected chi connectivity index (χ1v) is 7.05. The Bertz CT molecular complexity index is 624. The predicted molar refractivity (Wildman–Crippen MR) is 77.6 cm³/mol. The predicted octanol–water partition coefficient (Wildman–Crippen LogP) is 3.22. The van der Waals surface area contributed by atoms with Gasteiger partial charge in [-0.2, -0.15) is 5.10 Å². The summed E-state index contributed by atoms with van der Waals surface area (Å²) < 4.78 is 2.61. The van der Waals surface area contributed by atoms with Crippen LogP contribution in [0.5, 0.6) is 0 Å². The second-order valence-electron chi connectivity index (χ2n) is 4.12. The monoisotopic (exact) mass is 341 g/mol. The van der Waals surface area contributed by atoms with Gasteiger partial charge >= 0.3 is 0 Å². The van der Waals surface area contributed by atoms with E-state index < -0.39 is 0 Å². The molecule has 2 rings (SSSR count). The lowest BCUT2D eigenvalue weighted by Gasteiger charge is -2.03. The second kappa shape index (κ2) is 5.84. The molecule has 0 atom stereocenters. The first-order valence-electron chi connectivity index (χ1n) is 5.88. The van der Waals surface area contributed by atoms with Gasteiger partial charge in [0.1, 0.15) is 5.69 Å². The van der Waals surface area contributed by atoms with Crippen LogP contribution in [0.4, 0.5) is 0 Å². The van der Waals surface area contributed by atoms with Gasteiger partial charge in [-0.15, -0.1) is 0 Å². The highest BCUT2D eigenvalue weighted by atomic mass is 79.9. The summed E-state index contributed by atoms with van der Waals surface area (Å²) in [5.74, 6) is -0.114. The van der Waals surface area contributed by atoms with Crippen molar-refractivity contribution in [3.63, 3.8) is 0 Å². The highest BCUT2D eigenvalue weighted by molar-refractivity contribution is 9.10. The smallest absolute Gasteiger partial charge is 0.188 e. The first-order chi connectivity index (χ1) is 9.04. The standard InChI is InChI=1S/C13H13BrClN3O/c1-3-9-12(14)10(18(2)17-9)7-11(19)13-8(15)5-4-6-16-13/h4-6H,3,7H2,1-2H3. The van der Waals surface area contributed by atoms with E-state index in [9.17, 15) is 4.79 Å². The third kappa shape index (κ3) is 2.87. The van der Waals surface area contributed by atoms with Gasteiger partial charge in [0.2, 0.25) is 0 Å². The van der Waals surface area contributed by atoms with E-state index in [2.05, 4.69) is 26.0 Å². The normalized spacial score (nSPS) is 10.7. The summed E-state index contributed by atoms with van der Waals surface area (Å²) >= 11 is 9.47. The van der Waals surface area contributed by atoms with Crippen molar-refractivity contribution in [3.8, 4) is 0 Å². The molecule has 0 bridgehead atoms. The maximum absolute atomic E-state index is 12.2. The molecular formula is C13H13BrClN3O. The molecule has 4 nitrogen and oxygen atoms in total. The van der Waals surface area contributed by atoms with Crippen molar-refractivity contribution >= 4 is 33.3 Å². The summed E-state index contributed by atoms with van der Waals surface area (Å²) in [6.07, 6.45) is 2.60. The van der Waals surface area contributed by atoms with Gasteiger partial charge in [-0.3, -0.25) is 14.5 Å². The number of nitrogens with zero attached hydrogens (tertiary/aromatic N) is 3. The average molecular weight is 343 g/mol. The Labute approximate surface area is 124 Å². The molecule has 0 amide bonds. The molecule has 0 aliphatic heterocycles. The molecule has 0 N–H and O–H groups in total. The number of hydrogen-bond acceptors (Lipinski definition) is 3. The molecule has 0 saturated heterocycles. The van der Waals surface area contributed by atoms with Crippen LogP contribution >= 0.6 is 27.5 Å². The van der Waals surface area contributed by atoms with Crippen LogP contribution in [0.2, 0.25) is 5.02 Å². The zero-order valence-electron chi connectivity index (χ0n) is 10.7. The van der Waals surface area contributed by atoms with Gasteiger partial charge in [-0.05, 0) is 34.5 Å². The van der Waals surface area contributed by atoms with E-state index in [0.717, 1.165) is 22.3 Å². The maximum Gasteiger partial charge on any atom is 0.188 e. The van der Waals surface area contributed by atoms with Gasteiger partial charge in [-0.25, -0.2) is 0 Å².